The van der Waals surface area contributed by atoms with E-state index in [-0.39, 0.29) is 0 Å². The number of nitrogens with one attached hydrogen (secondary N) is 2. The Bertz CT molecular complexity index is 617. The standard InChI is InChI=1S/C21H35N5/c1-16(2)26-12-9-19(10-13-26)24-21(22-3)23-15-17-7-8-20-18(14-17)6-5-11-25(20)4/h7-8,14,16,19H,5-6,9-13,15H2,1-4H3,(H2,22,23,24). The van der Waals surface area contributed by atoms with Gasteiger partial charge in [0.15, 0.2) is 5.96 Å². The lowest BCUT2D eigenvalue weighted by Crippen LogP contribution is -2.49. The Morgan fingerprint density at radius 1 is 1.23 bits per heavy atom. The smallest absolute Gasteiger partial charge is 0.191 e. The topological polar surface area (TPSA) is 42.9 Å². The van der Waals surface area contributed by atoms with Gasteiger partial charge in [-0.1, -0.05) is 12.1 Å². The van der Waals surface area contributed by atoms with Gasteiger partial charge in [-0.15, -0.1) is 0 Å². The maximum Gasteiger partial charge on any atom is 0.191 e. The summed E-state index contributed by atoms with van der Waals surface area (Å²) in [6.45, 7) is 8.89. The van der Waals surface area contributed by atoms with E-state index in [9.17, 15) is 0 Å². The number of benzene rings is 1. The van der Waals surface area contributed by atoms with Crippen LogP contribution in [0, 0.1) is 0 Å². The number of rotatable bonds is 4. The third kappa shape index (κ3) is 4.70. The number of fused-ring (bicyclic) bond motifs is 1. The van der Waals surface area contributed by atoms with Crippen LogP contribution in [0.5, 0.6) is 0 Å². The van der Waals surface area contributed by atoms with Gasteiger partial charge in [-0.2, -0.15) is 0 Å². The molecule has 144 valence electrons. The van der Waals surface area contributed by atoms with Crippen molar-refractivity contribution in [3.63, 3.8) is 0 Å². The second-order valence-electron chi connectivity index (χ2n) is 7.96. The van der Waals surface area contributed by atoms with Gasteiger partial charge in [0, 0.05) is 58.0 Å². The molecular formula is C21H35N5. The lowest BCUT2D eigenvalue weighted by Gasteiger charge is -2.35. The zero-order chi connectivity index (χ0) is 18.5. The molecule has 2 heterocycles. The first-order chi connectivity index (χ1) is 12.6. The quantitative estimate of drug-likeness (QED) is 0.642. The molecule has 3 rings (SSSR count). The van der Waals surface area contributed by atoms with E-state index < -0.39 is 0 Å². The van der Waals surface area contributed by atoms with Crippen molar-refractivity contribution in [2.24, 2.45) is 4.99 Å². The van der Waals surface area contributed by atoms with Crippen molar-refractivity contribution in [1.29, 1.82) is 0 Å². The number of likely N-dealkylation sites (tertiary alicyclic amines) is 1. The predicted molar refractivity (Wildman–Crippen MR) is 111 cm³/mol. The van der Waals surface area contributed by atoms with Crippen LogP contribution in [-0.2, 0) is 13.0 Å². The fraction of sp³-hybridized carbons (Fsp3) is 0.667. The van der Waals surface area contributed by atoms with Crippen LogP contribution in [0.3, 0.4) is 0 Å². The number of hydrogen-bond acceptors (Lipinski definition) is 3. The summed E-state index contributed by atoms with van der Waals surface area (Å²) in [5.74, 6) is 0.919. The Morgan fingerprint density at radius 3 is 2.69 bits per heavy atom. The molecular weight excluding hydrogens is 322 g/mol. The van der Waals surface area contributed by atoms with E-state index in [2.05, 4.69) is 64.5 Å². The fourth-order valence-electron chi connectivity index (χ4n) is 4.08. The summed E-state index contributed by atoms with van der Waals surface area (Å²) in [5, 5.41) is 7.11. The van der Waals surface area contributed by atoms with Gasteiger partial charge < -0.3 is 20.4 Å². The molecule has 5 nitrogen and oxygen atoms in total. The molecule has 2 aliphatic rings. The second kappa shape index (κ2) is 8.76. The molecule has 1 saturated heterocycles. The fourth-order valence-corrected chi connectivity index (χ4v) is 4.08. The van der Waals surface area contributed by atoms with Crippen LogP contribution in [0.2, 0.25) is 0 Å². The van der Waals surface area contributed by atoms with E-state index in [1.807, 2.05) is 7.05 Å². The van der Waals surface area contributed by atoms with Gasteiger partial charge >= 0.3 is 0 Å². The molecule has 0 spiro atoms. The monoisotopic (exact) mass is 357 g/mol. The summed E-state index contributed by atoms with van der Waals surface area (Å²) in [7, 11) is 4.05. The van der Waals surface area contributed by atoms with Crippen molar-refractivity contribution in [2.75, 3.05) is 38.6 Å². The summed E-state index contributed by atoms with van der Waals surface area (Å²) >= 11 is 0. The first-order valence-electron chi connectivity index (χ1n) is 10.1. The van der Waals surface area contributed by atoms with Gasteiger partial charge in [-0.25, -0.2) is 0 Å². The molecule has 2 N–H and O–H groups in total. The first kappa shape index (κ1) is 19.0. The van der Waals surface area contributed by atoms with Crippen LogP contribution in [0.1, 0.15) is 44.2 Å². The van der Waals surface area contributed by atoms with Crippen molar-refractivity contribution < 1.29 is 0 Å². The molecule has 0 radical (unpaired) electrons. The molecule has 0 atom stereocenters. The Balaban J connectivity index is 1.50. The van der Waals surface area contributed by atoms with E-state index in [0.717, 1.165) is 19.0 Å². The van der Waals surface area contributed by atoms with Crippen molar-refractivity contribution in [1.82, 2.24) is 15.5 Å². The van der Waals surface area contributed by atoms with Crippen molar-refractivity contribution in [2.45, 2.75) is 58.2 Å². The van der Waals surface area contributed by atoms with Gasteiger partial charge in [0.05, 0.1) is 0 Å². The Labute approximate surface area is 158 Å². The van der Waals surface area contributed by atoms with Gasteiger partial charge in [0.1, 0.15) is 0 Å². The SMILES string of the molecule is CN=C(NCc1ccc2c(c1)CCCN2C)NC1CCN(C(C)C)CC1. The molecule has 0 bridgehead atoms. The number of aryl methyl sites for hydroxylation is 1. The maximum absolute atomic E-state index is 4.42. The average Bonchev–Trinajstić information content (AvgIpc) is 2.65. The van der Waals surface area contributed by atoms with Crippen LogP contribution >= 0.6 is 0 Å². The summed E-state index contributed by atoms with van der Waals surface area (Å²) in [6, 6.07) is 8.03. The number of hydrogen-bond donors (Lipinski definition) is 2. The zero-order valence-corrected chi connectivity index (χ0v) is 16.9. The molecule has 0 amide bonds. The Kier molecular flexibility index (Phi) is 6.41. The van der Waals surface area contributed by atoms with E-state index in [1.54, 1.807) is 0 Å². The highest BCUT2D eigenvalue weighted by Gasteiger charge is 2.21. The molecule has 5 heteroatoms. The van der Waals surface area contributed by atoms with Gasteiger partial charge in [0.2, 0.25) is 0 Å². The van der Waals surface area contributed by atoms with Crippen molar-refractivity contribution in [3.05, 3.63) is 29.3 Å². The van der Waals surface area contributed by atoms with Crippen LogP contribution in [0.25, 0.3) is 0 Å². The van der Waals surface area contributed by atoms with Gasteiger partial charge in [-0.3, -0.25) is 4.99 Å². The number of aliphatic imine (C=N–C) groups is 1. The van der Waals surface area contributed by atoms with E-state index >= 15 is 0 Å². The normalized spacial score (nSPS) is 19.6. The number of nitrogens with zero attached hydrogens (tertiary/aromatic N) is 3. The molecule has 26 heavy (non-hydrogen) atoms. The van der Waals surface area contributed by atoms with Crippen LogP contribution in [0.4, 0.5) is 5.69 Å². The zero-order valence-electron chi connectivity index (χ0n) is 16.9. The highest BCUT2D eigenvalue weighted by Crippen LogP contribution is 2.26. The maximum atomic E-state index is 4.42. The molecule has 1 aromatic rings. The minimum atomic E-state index is 0.522. The number of anilines is 1. The number of guanidine groups is 1. The van der Waals surface area contributed by atoms with Gasteiger partial charge in [0.25, 0.3) is 0 Å². The summed E-state index contributed by atoms with van der Waals surface area (Å²) in [6.07, 6.45) is 4.81. The molecule has 0 aromatic heterocycles. The Morgan fingerprint density at radius 2 is 2.00 bits per heavy atom. The third-order valence-electron chi connectivity index (χ3n) is 5.78. The summed E-state index contributed by atoms with van der Waals surface area (Å²) in [4.78, 5) is 9.34. The lowest BCUT2D eigenvalue weighted by atomic mass is 9.99. The summed E-state index contributed by atoms with van der Waals surface area (Å²) < 4.78 is 0. The van der Waals surface area contributed by atoms with Crippen LogP contribution in [-0.4, -0.2) is 56.7 Å². The molecule has 2 aliphatic heterocycles. The van der Waals surface area contributed by atoms with Crippen LogP contribution in [0.15, 0.2) is 23.2 Å². The van der Waals surface area contributed by atoms with Crippen LogP contribution < -0.4 is 15.5 Å². The largest absolute Gasteiger partial charge is 0.374 e. The molecule has 0 aliphatic carbocycles. The molecule has 0 saturated carbocycles. The molecule has 1 aromatic carbocycles. The Hall–Kier alpha value is -1.75. The van der Waals surface area contributed by atoms with E-state index in [1.165, 1.54) is 55.6 Å². The summed E-state index contributed by atoms with van der Waals surface area (Å²) in [5.41, 5.74) is 4.19. The predicted octanol–water partition coefficient (Wildman–Crippen LogP) is 2.61. The van der Waals surface area contributed by atoms with Crippen molar-refractivity contribution in [3.8, 4) is 0 Å². The minimum Gasteiger partial charge on any atom is -0.374 e. The first-order valence-corrected chi connectivity index (χ1v) is 10.1. The van der Waals surface area contributed by atoms with E-state index in [0.29, 0.717) is 12.1 Å². The van der Waals surface area contributed by atoms with Gasteiger partial charge in [-0.05, 0) is 56.7 Å². The van der Waals surface area contributed by atoms with Crippen molar-refractivity contribution >= 4 is 11.6 Å². The molecule has 1 fully saturated rings. The lowest BCUT2D eigenvalue weighted by molar-refractivity contribution is 0.167. The second-order valence-corrected chi connectivity index (χ2v) is 7.96. The third-order valence-corrected chi connectivity index (χ3v) is 5.78. The highest BCUT2D eigenvalue weighted by atomic mass is 15.2. The highest BCUT2D eigenvalue weighted by molar-refractivity contribution is 5.80. The average molecular weight is 358 g/mol. The van der Waals surface area contributed by atoms with E-state index in [4.69, 9.17) is 0 Å². The molecule has 0 unspecified atom stereocenters. The number of piperidine rings is 1. The minimum absolute atomic E-state index is 0.522.